The van der Waals surface area contributed by atoms with Crippen LogP contribution in [0.25, 0.3) is 21.8 Å². The highest BCUT2D eigenvalue weighted by molar-refractivity contribution is 7.93. The number of sulfonamides is 3. The van der Waals surface area contributed by atoms with E-state index in [1.165, 1.54) is 76.4 Å². The Morgan fingerprint density at radius 3 is 1.57 bits per heavy atom. The van der Waals surface area contributed by atoms with Crippen LogP contribution in [0, 0.1) is 11.6 Å². The average Bonchev–Trinajstić information content (AvgIpc) is 1.59. The molecule has 2 unspecified atom stereocenters. The maximum Gasteiger partial charge on any atom is 0.263 e. The first-order valence-corrected chi connectivity index (χ1v) is 39.4. The highest BCUT2D eigenvalue weighted by Gasteiger charge is 2.33. The zero-order valence-electron chi connectivity index (χ0n) is 56.2. The van der Waals surface area contributed by atoms with Gasteiger partial charge < -0.3 is 38.5 Å². The van der Waals surface area contributed by atoms with Crippen molar-refractivity contribution in [1.29, 1.82) is 0 Å². The number of halogens is 3. The van der Waals surface area contributed by atoms with Gasteiger partial charge in [-0.25, -0.2) is 54.0 Å². The fourth-order valence-corrected chi connectivity index (χ4v) is 17.0. The van der Waals surface area contributed by atoms with Crippen molar-refractivity contribution in [3.05, 3.63) is 222 Å². The van der Waals surface area contributed by atoms with Crippen molar-refractivity contribution in [2.75, 3.05) is 101 Å². The molecule has 0 aliphatic carbocycles. The van der Waals surface area contributed by atoms with Crippen molar-refractivity contribution in [1.82, 2.24) is 43.8 Å². The Hall–Kier alpha value is -10.7. The average molecular weight is 1550 g/mol. The van der Waals surface area contributed by atoms with Crippen molar-refractivity contribution in [3.8, 4) is 0 Å². The molecule has 3 N–H and O–H groups in total. The molecule has 554 valence electrons. The summed E-state index contributed by atoms with van der Waals surface area (Å²) in [7, 11) is -11.3. The maximum absolute atomic E-state index is 13.8. The number of thiazole rings is 2. The number of nitrogens with zero attached hydrogens (tertiary/aromatic N) is 12. The Morgan fingerprint density at radius 2 is 1.04 bits per heavy atom. The molecule has 11 aromatic rings. The van der Waals surface area contributed by atoms with Crippen molar-refractivity contribution < 1.29 is 65.1 Å². The monoisotopic (exact) mass is 1550 g/mol. The van der Waals surface area contributed by atoms with Gasteiger partial charge in [0, 0.05) is 159 Å². The molecule has 0 saturated carbocycles. The van der Waals surface area contributed by atoms with E-state index in [-0.39, 0.29) is 94.3 Å². The molecule has 4 amide bonds. The van der Waals surface area contributed by atoms with Gasteiger partial charge >= 0.3 is 0 Å². The molecule has 3 aliphatic heterocycles. The van der Waals surface area contributed by atoms with Crippen LogP contribution < -0.4 is 28.9 Å². The number of anilines is 6. The second kappa shape index (κ2) is 32.1. The van der Waals surface area contributed by atoms with E-state index in [0.717, 1.165) is 45.7 Å². The zero-order chi connectivity index (χ0) is 74.2. The lowest BCUT2D eigenvalue weighted by Gasteiger charge is -2.37. The minimum absolute atomic E-state index is 0. The van der Waals surface area contributed by atoms with Crippen LogP contribution in [-0.2, 0) is 49.2 Å². The lowest BCUT2D eigenvalue weighted by atomic mass is 10.1. The largest absolute Gasteiger partial charge is 0.368 e. The van der Waals surface area contributed by atoms with Crippen LogP contribution in [0.4, 0.5) is 41.9 Å². The van der Waals surface area contributed by atoms with E-state index in [9.17, 15) is 58.0 Å². The molecular weight excluding hydrogens is 1470 g/mol. The number of Topliss-reactive ketones (excluding diaryl/α,β-unsaturated/α-hetero) is 1. The number of carbonyl (C=O) groups is 5. The Bertz CT molecular complexity index is 5320. The number of hydrogen-bond donors (Lipinski definition) is 3. The molecule has 14 rings (SSSR count). The summed E-state index contributed by atoms with van der Waals surface area (Å²) < 4.78 is 113. The predicted octanol–water partition coefficient (Wildman–Crippen LogP) is 11.5. The number of ketones is 1. The Labute approximate surface area is 623 Å². The molecule has 0 spiro atoms. The highest BCUT2D eigenvalue weighted by Crippen LogP contribution is 2.31. The van der Waals surface area contributed by atoms with E-state index in [1.807, 2.05) is 52.9 Å². The molecule has 5 aromatic heterocycles. The molecule has 0 radical (unpaired) electrons. The molecule has 6 aromatic carbocycles. The molecule has 34 heteroatoms. The van der Waals surface area contributed by atoms with Crippen LogP contribution in [0.5, 0.6) is 0 Å². The van der Waals surface area contributed by atoms with Gasteiger partial charge in [-0.1, -0.05) is 48.0 Å². The fraction of sp³-hybridized carbons (Fsp3) is 0.225. The third-order valence-electron chi connectivity index (χ3n) is 17.8. The van der Waals surface area contributed by atoms with Crippen molar-refractivity contribution in [2.45, 2.75) is 47.0 Å². The summed E-state index contributed by atoms with van der Waals surface area (Å²) in [6.45, 7) is 8.54. The normalized spacial score (nSPS) is 14.9. The van der Waals surface area contributed by atoms with Gasteiger partial charge in [-0.15, -0.1) is 22.7 Å². The van der Waals surface area contributed by atoms with E-state index in [0.29, 0.717) is 84.7 Å². The topological polar surface area (TPSA) is 305 Å². The summed E-state index contributed by atoms with van der Waals surface area (Å²) in [5.74, 6) is -2.71. The lowest BCUT2D eigenvalue weighted by molar-refractivity contribution is -0.139. The van der Waals surface area contributed by atoms with Gasteiger partial charge in [0.15, 0.2) is 27.7 Å². The third-order valence-corrected chi connectivity index (χ3v) is 23.8. The van der Waals surface area contributed by atoms with E-state index in [4.69, 9.17) is 11.6 Å². The molecule has 3 saturated heterocycles. The van der Waals surface area contributed by atoms with E-state index < -0.39 is 47.7 Å². The van der Waals surface area contributed by atoms with Crippen LogP contribution in [0.15, 0.2) is 214 Å². The lowest BCUT2D eigenvalue weighted by Crippen LogP contribution is -2.53. The maximum atomic E-state index is 13.8. The molecule has 3 aliphatic rings. The van der Waals surface area contributed by atoms with Gasteiger partial charge in [0.2, 0.25) is 23.6 Å². The Kier molecular flexibility index (Phi) is 22.6. The quantitative estimate of drug-likeness (QED) is 0.0500. The summed E-state index contributed by atoms with van der Waals surface area (Å²) >= 11 is 8.66. The van der Waals surface area contributed by atoms with Crippen LogP contribution >= 0.6 is 34.3 Å². The van der Waals surface area contributed by atoms with Crippen molar-refractivity contribution in [2.24, 2.45) is 0 Å². The van der Waals surface area contributed by atoms with Crippen LogP contribution in [0.1, 0.15) is 49.8 Å². The number of piperazine rings is 3. The minimum Gasteiger partial charge on any atom is -0.368 e. The Morgan fingerprint density at radius 1 is 0.533 bits per heavy atom. The van der Waals surface area contributed by atoms with Crippen LogP contribution in [-0.4, -0.2) is 170 Å². The molecule has 105 heavy (non-hydrogen) atoms. The van der Waals surface area contributed by atoms with E-state index >= 15 is 0 Å². The van der Waals surface area contributed by atoms with Gasteiger partial charge in [0.1, 0.15) is 30.8 Å². The standard InChI is InChI=1S/C25H25ClN6O3S.C24H21F2N5O4S2.C22H22N4O4S2.5H2/c1-18(32-12-10-21-22(26)3-2-4-23(21)32)25(33)31-15-13-30(14-16-31)19-5-7-20(8-6-19)36(34,35)29-24-9-11-27-17-28-24;1-15(30-8-6-16-12-19(25)20(26)13-21(16)30)23(33)29-9-10-31(22(32)14-29)17-2-4-18(5-3-17)37(34,35)28-24-27-7-11-36-24;27-20(17-4-2-1-3-5-17)16-21(28)26-13-11-25(12-14-26)18-6-8-19(9-7-18)32(29,30)24-22-23-10-15-31-22;;;;;/h2-12,17-18H,13-16H2,1H3,(H,27,28,29);2-8,11-13,15H,9-10,14H2,1H3,(H,27,28);1-10,15H,11-14,16H2,(H,23,24);5*1H. The highest BCUT2D eigenvalue weighted by atomic mass is 35.5. The third kappa shape index (κ3) is 17.4. The van der Waals surface area contributed by atoms with Crippen molar-refractivity contribution in [3.63, 3.8) is 0 Å². The number of amides is 4. The van der Waals surface area contributed by atoms with Gasteiger partial charge in [-0.2, -0.15) is 0 Å². The Balaban J connectivity index is 0.000000225. The number of hydrogen-bond acceptors (Lipinski definition) is 19. The molecule has 26 nitrogen and oxygen atoms in total. The summed E-state index contributed by atoms with van der Waals surface area (Å²) in [5, 5.41) is 5.98. The minimum atomic E-state index is -3.82. The first kappa shape index (κ1) is 74.0. The SMILES string of the molecule is CC(C(=O)N1CCN(c2ccc(S(=O)(=O)Nc3ccncn3)cc2)CC1)n1ccc2c(Cl)cccc21.CC(C(=O)N1CCN(c2ccc(S(=O)(=O)Nc3nccs3)cc2)C(=O)C1)n1ccc2cc(F)c(F)cc21.O=C(CC(=O)N1CCN(c2ccc(S(=O)(=O)Nc3nccs3)cc2)CC1)c1ccccc1.[HH].[HH].[HH].[HH].[HH]. The number of nitrogens with one attached hydrogen (secondary N) is 3. The smallest absolute Gasteiger partial charge is 0.263 e. The zero-order valence-corrected chi connectivity index (χ0v) is 61.1. The number of benzene rings is 6. The van der Waals surface area contributed by atoms with Crippen molar-refractivity contribution >= 4 is 149 Å². The molecule has 3 fully saturated rings. The molecular formula is C71H78ClF2N15O11S5. The first-order valence-electron chi connectivity index (χ1n) is 32.8. The molecule has 2 atom stereocenters. The van der Waals surface area contributed by atoms with Gasteiger partial charge in [-0.05, 0) is 123 Å². The number of aromatic nitrogens is 6. The molecule has 0 bridgehead atoms. The predicted molar refractivity (Wildman–Crippen MR) is 409 cm³/mol. The second-order valence-electron chi connectivity index (χ2n) is 24.3. The number of rotatable bonds is 19. The fourth-order valence-electron chi connectivity index (χ4n) is 12.2. The van der Waals surface area contributed by atoms with Gasteiger partial charge in [0.05, 0.1) is 32.1 Å². The number of fused-ring (bicyclic) bond motifs is 2. The van der Waals surface area contributed by atoms with Gasteiger partial charge in [-0.3, -0.25) is 38.1 Å². The van der Waals surface area contributed by atoms with Crippen LogP contribution in [0.3, 0.4) is 0 Å². The summed E-state index contributed by atoms with van der Waals surface area (Å²) in [6, 6.07) is 39.8. The summed E-state index contributed by atoms with van der Waals surface area (Å²) in [4.78, 5) is 90.7. The number of carbonyl (C=O) groups excluding carboxylic acids is 5. The summed E-state index contributed by atoms with van der Waals surface area (Å²) in [6.07, 6.45) is 9.13. The van der Waals surface area contributed by atoms with Crippen LogP contribution in [0.2, 0.25) is 5.02 Å². The van der Waals surface area contributed by atoms with E-state index in [2.05, 4.69) is 43.9 Å². The summed E-state index contributed by atoms with van der Waals surface area (Å²) in [5.41, 5.74) is 4.15. The second-order valence-corrected chi connectivity index (χ2v) is 31.6. The molecule has 8 heterocycles. The van der Waals surface area contributed by atoms with Gasteiger partial charge in [0.25, 0.3) is 30.1 Å². The first-order chi connectivity index (χ1) is 50.4. The van der Waals surface area contributed by atoms with E-state index in [1.54, 1.807) is 112 Å².